The van der Waals surface area contributed by atoms with E-state index in [1.165, 1.54) is 26.7 Å². The summed E-state index contributed by atoms with van der Waals surface area (Å²) < 4.78 is 16.9. The average molecular weight is 522 g/mol. The van der Waals surface area contributed by atoms with Gasteiger partial charge in [0.05, 0.1) is 0 Å². The third kappa shape index (κ3) is 4.12. The summed E-state index contributed by atoms with van der Waals surface area (Å²) in [7, 11) is 0. The number of nitrogens with one attached hydrogen (secondary N) is 1. The maximum absolute atomic E-state index is 13.9. The number of hydrogen-bond donors (Lipinski definition) is 2. The summed E-state index contributed by atoms with van der Waals surface area (Å²) in [6, 6.07) is 4.51. The molecule has 158 valence electrons. The van der Waals surface area contributed by atoms with Gasteiger partial charge in [-0.25, -0.2) is 4.98 Å². The standard InChI is InChI=1S/C21H24FIN6O/c1-11(2)20(30)25-6-7-29-16(26-17-18(24)27-21(22)28-19(17)29)10-14-8-12-4-3-5-13(12)9-15(14)23/h8-9,11H,3-7,10H2,1-2H3,(H,25,30)(H2,24,27,28). The molecule has 0 radical (unpaired) electrons. The Morgan fingerprint density at radius 2 is 2.00 bits per heavy atom. The normalized spacial score (nSPS) is 13.2. The second kappa shape index (κ2) is 8.44. The molecule has 7 nitrogen and oxygen atoms in total. The first kappa shape index (κ1) is 21.0. The van der Waals surface area contributed by atoms with Gasteiger partial charge in [-0.3, -0.25) is 4.79 Å². The molecule has 1 amide bonds. The van der Waals surface area contributed by atoms with E-state index in [1.54, 1.807) is 0 Å². The number of imidazole rings is 1. The van der Waals surface area contributed by atoms with Gasteiger partial charge < -0.3 is 15.6 Å². The number of nitrogen functional groups attached to an aromatic ring is 1. The van der Waals surface area contributed by atoms with E-state index in [1.807, 2.05) is 18.4 Å². The van der Waals surface area contributed by atoms with Crippen LogP contribution in [0, 0.1) is 15.6 Å². The number of aromatic nitrogens is 4. The molecule has 30 heavy (non-hydrogen) atoms. The zero-order valence-electron chi connectivity index (χ0n) is 17.0. The third-order valence-electron chi connectivity index (χ3n) is 5.44. The van der Waals surface area contributed by atoms with E-state index < -0.39 is 6.08 Å². The van der Waals surface area contributed by atoms with Gasteiger partial charge in [0.25, 0.3) is 0 Å². The summed E-state index contributed by atoms with van der Waals surface area (Å²) in [6.07, 6.45) is 3.10. The van der Waals surface area contributed by atoms with Gasteiger partial charge in [0.1, 0.15) is 5.82 Å². The summed E-state index contributed by atoms with van der Waals surface area (Å²) in [5.41, 5.74) is 10.6. The molecule has 9 heteroatoms. The van der Waals surface area contributed by atoms with Gasteiger partial charge >= 0.3 is 6.08 Å². The van der Waals surface area contributed by atoms with Crippen LogP contribution in [0.15, 0.2) is 12.1 Å². The van der Waals surface area contributed by atoms with Crippen LogP contribution in [0.2, 0.25) is 0 Å². The van der Waals surface area contributed by atoms with Crippen LogP contribution >= 0.6 is 22.6 Å². The lowest BCUT2D eigenvalue weighted by molar-refractivity contribution is -0.124. The largest absolute Gasteiger partial charge is 0.382 e. The minimum absolute atomic E-state index is 0.0207. The zero-order chi connectivity index (χ0) is 21.4. The van der Waals surface area contributed by atoms with Gasteiger partial charge in [-0.15, -0.1) is 0 Å². The van der Waals surface area contributed by atoms with E-state index in [9.17, 15) is 9.18 Å². The number of anilines is 1. The number of aryl methyl sites for hydroxylation is 2. The lowest BCUT2D eigenvalue weighted by Crippen LogP contribution is -2.31. The molecule has 3 aromatic rings. The molecular formula is C21H24FIN6O. The van der Waals surface area contributed by atoms with Crippen molar-refractivity contribution in [3.63, 3.8) is 0 Å². The van der Waals surface area contributed by atoms with Crippen LogP contribution in [0.25, 0.3) is 11.2 Å². The molecule has 0 unspecified atom stereocenters. The Hall–Kier alpha value is -2.30. The summed E-state index contributed by atoms with van der Waals surface area (Å²) in [5, 5.41) is 2.89. The van der Waals surface area contributed by atoms with Crippen molar-refractivity contribution in [1.82, 2.24) is 24.8 Å². The predicted octanol–water partition coefficient (Wildman–Crippen LogP) is 3.00. The van der Waals surface area contributed by atoms with E-state index in [0.717, 1.165) is 18.7 Å². The van der Waals surface area contributed by atoms with Crippen molar-refractivity contribution >= 4 is 45.5 Å². The molecule has 1 aromatic carbocycles. The molecule has 0 atom stereocenters. The van der Waals surface area contributed by atoms with Crippen LogP contribution < -0.4 is 11.1 Å². The summed E-state index contributed by atoms with van der Waals surface area (Å²) >= 11 is 2.36. The van der Waals surface area contributed by atoms with E-state index in [0.29, 0.717) is 30.7 Å². The van der Waals surface area contributed by atoms with E-state index >= 15 is 0 Å². The van der Waals surface area contributed by atoms with E-state index in [4.69, 9.17) is 5.73 Å². The Balaban J connectivity index is 1.70. The Labute approximate surface area is 187 Å². The first-order chi connectivity index (χ1) is 14.3. The number of carbonyl (C=O) groups is 1. The molecule has 0 fully saturated rings. The Morgan fingerprint density at radius 1 is 1.27 bits per heavy atom. The highest BCUT2D eigenvalue weighted by molar-refractivity contribution is 14.1. The maximum atomic E-state index is 13.9. The van der Waals surface area contributed by atoms with Gasteiger partial charge in [-0.2, -0.15) is 14.4 Å². The second-order valence-electron chi connectivity index (χ2n) is 7.92. The van der Waals surface area contributed by atoms with Crippen LogP contribution in [-0.2, 0) is 30.6 Å². The average Bonchev–Trinajstić information content (AvgIpc) is 3.26. The predicted molar refractivity (Wildman–Crippen MR) is 122 cm³/mol. The van der Waals surface area contributed by atoms with Crippen molar-refractivity contribution in [3.05, 3.63) is 44.3 Å². The number of carbonyl (C=O) groups excluding carboxylic acids is 1. The molecule has 4 rings (SSSR count). The Kier molecular flexibility index (Phi) is 5.90. The smallest absolute Gasteiger partial charge is 0.312 e. The topological polar surface area (TPSA) is 98.7 Å². The molecule has 2 heterocycles. The van der Waals surface area contributed by atoms with Gasteiger partial charge in [-0.05, 0) is 64.6 Å². The number of rotatable bonds is 6. The minimum Gasteiger partial charge on any atom is -0.382 e. The van der Waals surface area contributed by atoms with Gasteiger partial charge in [-0.1, -0.05) is 19.9 Å². The van der Waals surface area contributed by atoms with Crippen molar-refractivity contribution in [2.75, 3.05) is 12.3 Å². The van der Waals surface area contributed by atoms with Crippen LogP contribution in [0.4, 0.5) is 10.2 Å². The first-order valence-corrected chi connectivity index (χ1v) is 11.2. The Bertz CT molecular complexity index is 1130. The number of amides is 1. The van der Waals surface area contributed by atoms with E-state index in [2.05, 4.69) is 55.0 Å². The summed E-state index contributed by atoms with van der Waals surface area (Å²) in [6.45, 7) is 4.49. The lowest BCUT2D eigenvalue weighted by Gasteiger charge is -2.13. The van der Waals surface area contributed by atoms with E-state index in [-0.39, 0.29) is 17.6 Å². The van der Waals surface area contributed by atoms with Crippen molar-refractivity contribution in [2.45, 2.75) is 46.1 Å². The molecule has 0 aliphatic heterocycles. The highest BCUT2D eigenvalue weighted by Crippen LogP contribution is 2.29. The number of hydrogen-bond acceptors (Lipinski definition) is 5. The SMILES string of the molecule is CC(C)C(=O)NCCn1c(Cc2cc3c(cc2I)CCC3)nc2c(N)nc(F)nc21. The molecule has 0 saturated carbocycles. The highest BCUT2D eigenvalue weighted by Gasteiger charge is 2.20. The van der Waals surface area contributed by atoms with Crippen molar-refractivity contribution in [2.24, 2.45) is 5.92 Å². The Morgan fingerprint density at radius 3 is 2.73 bits per heavy atom. The molecule has 1 aliphatic carbocycles. The quantitative estimate of drug-likeness (QED) is 0.383. The molecule has 3 N–H and O–H groups in total. The first-order valence-electron chi connectivity index (χ1n) is 10.1. The van der Waals surface area contributed by atoms with Crippen LogP contribution in [-0.4, -0.2) is 32.0 Å². The highest BCUT2D eigenvalue weighted by atomic mass is 127. The third-order valence-corrected chi connectivity index (χ3v) is 6.45. The fourth-order valence-corrected chi connectivity index (χ4v) is 4.58. The fraction of sp³-hybridized carbons (Fsp3) is 0.429. The number of nitrogens with zero attached hydrogens (tertiary/aromatic N) is 4. The number of nitrogens with two attached hydrogens (primary N) is 1. The fourth-order valence-electron chi connectivity index (χ4n) is 3.86. The molecule has 0 bridgehead atoms. The molecule has 1 aliphatic rings. The maximum Gasteiger partial charge on any atom is 0.312 e. The summed E-state index contributed by atoms with van der Waals surface area (Å²) in [5.74, 6) is 0.612. The summed E-state index contributed by atoms with van der Waals surface area (Å²) in [4.78, 5) is 24.1. The van der Waals surface area contributed by atoms with Crippen LogP contribution in [0.5, 0.6) is 0 Å². The monoisotopic (exact) mass is 522 g/mol. The lowest BCUT2D eigenvalue weighted by atomic mass is 10.0. The number of fused-ring (bicyclic) bond motifs is 2. The van der Waals surface area contributed by atoms with Crippen molar-refractivity contribution in [1.29, 1.82) is 0 Å². The van der Waals surface area contributed by atoms with Crippen molar-refractivity contribution < 1.29 is 9.18 Å². The zero-order valence-corrected chi connectivity index (χ0v) is 19.2. The van der Waals surface area contributed by atoms with Gasteiger partial charge in [0.15, 0.2) is 17.0 Å². The van der Waals surface area contributed by atoms with Gasteiger partial charge in [0.2, 0.25) is 5.91 Å². The minimum atomic E-state index is -0.883. The van der Waals surface area contributed by atoms with Crippen LogP contribution in [0.3, 0.4) is 0 Å². The molecule has 2 aromatic heterocycles. The molecule has 0 spiro atoms. The second-order valence-corrected chi connectivity index (χ2v) is 9.08. The van der Waals surface area contributed by atoms with Crippen LogP contribution in [0.1, 0.15) is 42.8 Å². The molecular weight excluding hydrogens is 498 g/mol. The number of benzene rings is 1. The van der Waals surface area contributed by atoms with Crippen molar-refractivity contribution in [3.8, 4) is 0 Å². The number of halogens is 2. The van der Waals surface area contributed by atoms with Gasteiger partial charge in [0, 0.05) is 29.0 Å². The molecule has 0 saturated heterocycles.